The fourth-order valence-electron chi connectivity index (χ4n) is 3.86. The summed E-state index contributed by atoms with van der Waals surface area (Å²) in [5, 5.41) is 3.45. The number of benzene rings is 3. The predicted octanol–water partition coefficient (Wildman–Crippen LogP) is 5.08. The molecule has 0 atom stereocenters. The number of fused-ring (bicyclic) bond motifs is 2. The van der Waals surface area contributed by atoms with Crippen molar-refractivity contribution in [2.75, 3.05) is 26.1 Å². The topological polar surface area (TPSA) is 96.2 Å². The van der Waals surface area contributed by atoms with Gasteiger partial charge in [0.05, 0.1) is 25.9 Å². The van der Waals surface area contributed by atoms with E-state index in [-0.39, 0.29) is 24.1 Å². The molecule has 1 N–H and O–H groups in total. The van der Waals surface area contributed by atoms with E-state index in [9.17, 15) is 9.59 Å². The van der Waals surface area contributed by atoms with E-state index in [2.05, 4.69) is 5.32 Å². The van der Waals surface area contributed by atoms with Crippen molar-refractivity contribution in [2.45, 2.75) is 0 Å². The fourth-order valence-corrected chi connectivity index (χ4v) is 3.86. The van der Waals surface area contributed by atoms with Crippen molar-refractivity contribution >= 4 is 34.4 Å². The molecule has 2 heterocycles. The normalized spacial score (nSPS) is 13.4. The number of para-hydroxylation sites is 1. The van der Waals surface area contributed by atoms with Crippen LogP contribution in [0.2, 0.25) is 0 Å². The van der Waals surface area contributed by atoms with Crippen molar-refractivity contribution in [2.24, 2.45) is 0 Å². The third-order valence-corrected chi connectivity index (χ3v) is 5.45. The van der Waals surface area contributed by atoms with Crippen molar-refractivity contribution in [3.8, 4) is 23.0 Å². The standard InChI is InChI=1S/C27H21NO7/c1-31-21-12-16(8-9-19(21)34-15-24(29)28-17-6-4-3-5-7-17)13-23-26(30)25-22(35-23)14-20-18(10-11-33-20)27(25)32-2/h3-14H,15H2,1-2H3,(H,28,29)/b23-13+. The number of hydrogen-bond donors (Lipinski definition) is 1. The Morgan fingerprint density at radius 1 is 1.00 bits per heavy atom. The van der Waals surface area contributed by atoms with E-state index in [4.69, 9.17) is 23.4 Å². The van der Waals surface area contributed by atoms with E-state index >= 15 is 0 Å². The zero-order valence-electron chi connectivity index (χ0n) is 19.0. The molecule has 4 aromatic rings. The Morgan fingerprint density at radius 2 is 1.83 bits per heavy atom. The van der Waals surface area contributed by atoms with Crippen LogP contribution >= 0.6 is 0 Å². The van der Waals surface area contributed by atoms with E-state index in [1.165, 1.54) is 20.5 Å². The quantitative estimate of drug-likeness (QED) is 0.375. The summed E-state index contributed by atoms with van der Waals surface area (Å²) >= 11 is 0. The Kier molecular flexibility index (Phi) is 5.85. The number of carbonyl (C=O) groups excluding carboxylic acids is 2. The molecule has 5 rings (SSSR count). The van der Waals surface area contributed by atoms with Crippen LogP contribution in [0.4, 0.5) is 5.69 Å². The van der Waals surface area contributed by atoms with Crippen molar-refractivity contribution in [3.05, 3.63) is 83.8 Å². The highest BCUT2D eigenvalue weighted by Gasteiger charge is 2.33. The molecule has 1 aromatic heterocycles. The molecule has 1 aliphatic heterocycles. The summed E-state index contributed by atoms with van der Waals surface area (Å²) in [5.74, 6) is 1.13. The number of ether oxygens (including phenoxy) is 4. The molecule has 0 saturated carbocycles. The number of methoxy groups -OCH3 is 2. The van der Waals surface area contributed by atoms with Gasteiger partial charge in [0.1, 0.15) is 22.6 Å². The first-order valence-corrected chi connectivity index (χ1v) is 10.8. The minimum Gasteiger partial charge on any atom is -0.495 e. The van der Waals surface area contributed by atoms with Crippen molar-refractivity contribution < 1.29 is 33.0 Å². The van der Waals surface area contributed by atoms with Gasteiger partial charge in [-0.15, -0.1) is 0 Å². The van der Waals surface area contributed by atoms with Gasteiger partial charge in [0.25, 0.3) is 5.91 Å². The van der Waals surface area contributed by atoms with Crippen LogP contribution in [0.5, 0.6) is 23.0 Å². The van der Waals surface area contributed by atoms with Crippen molar-refractivity contribution in [3.63, 3.8) is 0 Å². The summed E-state index contributed by atoms with van der Waals surface area (Å²) in [4.78, 5) is 25.3. The number of ketones is 1. The van der Waals surface area contributed by atoms with Gasteiger partial charge in [-0.05, 0) is 42.0 Å². The van der Waals surface area contributed by atoms with Crippen molar-refractivity contribution in [1.29, 1.82) is 0 Å². The maximum atomic E-state index is 13.1. The van der Waals surface area contributed by atoms with Gasteiger partial charge in [-0.1, -0.05) is 24.3 Å². The largest absolute Gasteiger partial charge is 0.495 e. The summed E-state index contributed by atoms with van der Waals surface area (Å²) < 4.78 is 27.8. The number of allylic oxidation sites excluding steroid dienone is 1. The van der Waals surface area contributed by atoms with Crippen LogP contribution in [-0.4, -0.2) is 32.5 Å². The molecule has 0 fully saturated rings. The van der Waals surface area contributed by atoms with E-state index in [1.54, 1.807) is 48.5 Å². The van der Waals surface area contributed by atoms with Crippen LogP contribution in [0.3, 0.4) is 0 Å². The molecule has 176 valence electrons. The molecule has 3 aromatic carbocycles. The molecule has 1 amide bonds. The molecular weight excluding hydrogens is 450 g/mol. The van der Waals surface area contributed by atoms with Crippen molar-refractivity contribution in [1.82, 2.24) is 0 Å². The maximum Gasteiger partial charge on any atom is 0.262 e. The molecule has 0 radical (unpaired) electrons. The van der Waals surface area contributed by atoms with Gasteiger partial charge >= 0.3 is 0 Å². The average molecular weight is 471 g/mol. The summed E-state index contributed by atoms with van der Waals surface area (Å²) in [5.41, 5.74) is 2.25. The zero-order valence-corrected chi connectivity index (χ0v) is 19.0. The molecule has 1 aliphatic rings. The van der Waals surface area contributed by atoms with Gasteiger partial charge in [0, 0.05) is 11.8 Å². The number of rotatable bonds is 7. The Morgan fingerprint density at radius 3 is 2.60 bits per heavy atom. The summed E-state index contributed by atoms with van der Waals surface area (Å²) in [7, 11) is 3.00. The first-order chi connectivity index (χ1) is 17.1. The van der Waals surface area contributed by atoms with Gasteiger partial charge in [-0.2, -0.15) is 0 Å². The molecule has 0 bridgehead atoms. The van der Waals surface area contributed by atoms with E-state index in [0.29, 0.717) is 50.8 Å². The van der Waals surface area contributed by atoms with Gasteiger partial charge in [0.15, 0.2) is 23.9 Å². The van der Waals surface area contributed by atoms with E-state index in [0.717, 1.165) is 0 Å². The molecule has 0 unspecified atom stereocenters. The summed E-state index contributed by atoms with van der Waals surface area (Å²) in [6.07, 6.45) is 3.14. The molecular formula is C27H21NO7. The summed E-state index contributed by atoms with van der Waals surface area (Å²) in [6, 6.07) is 17.6. The Balaban J connectivity index is 1.34. The number of anilines is 1. The summed E-state index contributed by atoms with van der Waals surface area (Å²) in [6.45, 7) is -0.191. The lowest BCUT2D eigenvalue weighted by Gasteiger charge is -2.11. The second-order valence-corrected chi connectivity index (χ2v) is 7.67. The number of carbonyl (C=O) groups is 2. The number of hydrogen-bond acceptors (Lipinski definition) is 7. The Hall–Kier alpha value is -4.72. The molecule has 8 nitrogen and oxygen atoms in total. The van der Waals surface area contributed by atoms with Gasteiger partial charge in [-0.25, -0.2) is 0 Å². The third-order valence-electron chi connectivity index (χ3n) is 5.45. The lowest BCUT2D eigenvalue weighted by Crippen LogP contribution is -2.20. The molecule has 0 aliphatic carbocycles. The van der Waals surface area contributed by atoms with Crippen LogP contribution < -0.4 is 24.3 Å². The van der Waals surface area contributed by atoms with Crippen LogP contribution in [0.25, 0.3) is 17.0 Å². The van der Waals surface area contributed by atoms with Gasteiger partial charge in [-0.3, -0.25) is 9.59 Å². The van der Waals surface area contributed by atoms with Crippen LogP contribution in [0.15, 0.2) is 77.1 Å². The lowest BCUT2D eigenvalue weighted by molar-refractivity contribution is -0.118. The van der Waals surface area contributed by atoms with E-state index in [1.807, 2.05) is 18.2 Å². The van der Waals surface area contributed by atoms with Gasteiger partial charge in [0.2, 0.25) is 5.78 Å². The SMILES string of the molecule is COc1cc(/C=C2/Oc3cc4occc4c(OC)c3C2=O)ccc1OCC(=O)Nc1ccccc1. The van der Waals surface area contributed by atoms with Crippen LogP contribution in [0, 0.1) is 0 Å². The molecule has 8 heteroatoms. The Labute approximate surface area is 200 Å². The molecule has 0 saturated heterocycles. The third kappa shape index (κ3) is 4.29. The van der Waals surface area contributed by atoms with Crippen LogP contribution in [-0.2, 0) is 4.79 Å². The smallest absolute Gasteiger partial charge is 0.262 e. The first kappa shape index (κ1) is 22.1. The number of furan rings is 1. The highest BCUT2D eigenvalue weighted by Crippen LogP contribution is 2.43. The highest BCUT2D eigenvalue weighted by atomic mass is 16.5. The second-order valence-electron chi connectivity index (χ2n) is 7.67. The lowest BCUT2D eigenvalue weighted by atomic mass is 10.1. The predicted molar refractivity (Wildman–Crippen MR) is 129 cm³/mol. The maximum absolute atomic E-state index is 13.1. The Bertz CT molecular complexity index is 1450. The highest BCUT2D eigenvalue weighted by molar-refractivity contribution is 6.18. The van der Waals surface area contributed by atoms with E-state index < -0.39 is 0 Å². The number of nitrogens with one attached hydrogen (secondary N) is 1. The molecule has 35 heavy (non-hydrogen) atoms. The fraction of sp³-hybridized carbons (Fsp3) is 0.111. The van der Waals surface area contributed by atoms with Crippen LogP contribution in [0.1, 0.15) is 15.9 Å². The van der Waals surface area contributed by atoms with Gasteiger partial charge < -0.3 is 28.7 Å². The zero-order chi connectivity index (χ0) is 24.4. The first-order valence-electron chi connectivity index (χ1n) is 10.8. The minimum atomic E-state index is -0.299. The monoisotopic (exact) mass is 471 g/mol. The number of amides is 1. The minimum absolute atomic E-state index is 0.143. The average Bonchev–Trinajstić information content (AvgIpc) is 3.46. The second kappa shape index (κ2) is 9.26. The number of Topliss-reactive ketones (excluding diaryl/α,β-unsaturated/α-hetero) is 1. The molecule has 0 spiro atoms.